The van der Waals surface area contributed by atoms with Crippen molar-refractivity contribution in [2.24, 2.45) is 0 Å². The molecule has 3 rings (SSSR count). The monoisotopic (exact) mass is 285 g/mol. The zero-order valence-electron chi connectivity index (χ0n) is 11.0. The van der Waals surface area contributed by atoms with Gasteiger partial charge in [-0.05, 0) is 12.8 Å². The van der Waals surface area contributed by atoms with E-state index in [1.165, 1.54) is 0 Å². The van der Waals surface area contributed by atoms with Gasteiger partial charge in [0.15, 0.2) is 11.5 Å². The molecule has 20 heavy (non-hydrogen) atoms. The number of nitrogen functional groups attached to an aromatic ring is 1. The van der Waals surface area contributed by atoms with Crippen LogP contribution in [-0.2, 0) is 0 Å². The number of alkyl halides is 2. The first-order valence-electron chi connectivity index (χ1n) is 6.77. The zero-order chi connectivity index (χ0) is 14.2. The van der Waals surface area contributed by atoms with Crippen LogP contribution < -0.4 is 19.9 Å². The van der Waals surface area contributed by atoms with Crippen LogP contribution in [0.3, 0.4) is 0 Å². The SMILES string of the molecule is Nc1cc(OC2CCC(F)(F)CC2)cc2c1OCCO2. The van der Waals surface area contributed by atoms with Gasteiger partial charge in [-0.25, -0.2) is 8.78 Å². The van der Waals surface area contributed by atoms with E-state index in [2.05, 4.69) is 0 Å². The fourth-order valence-corrected chi connectivity index (χ4v) is 2.55. The largest absolute Gasteiger partial charge is 0.490 e. The molecule has 1 aliphatic carbocycles. The first kappa shape index (κ1) is 13.3. The number of hydrogen-bond donors (Lipinski definition) is 1. The molecule has 0 aromatic heterocycles. The highest BCUT2D eigenvalue weighted by molar-refractivity contribution is 5.64. The van der Waals surface area contributed by atoms with E-state index in [0.717, 1.165) is 0 Å². The number of hydrogen-bond acceptors (Lipinski definition) is 4. The Morgan fingerprint density at radius 2 is 1.85 bits per heavy atom. The third kappa shape index (κ3) is 2.73. The van der Waals surface area contributed by atoms with Crippen LogP contribution in [0.5, 0.6) is 17.2 Å². The number of rotatable bonds is 2. The highest BCUT2D eigenvalue weighted by Crippen LogP contribution is 2.41. The number of benzene rings is 1. The van der Waals surface area contributed by atoms with Gasteiger partial charge in [0, 0.05) is 25.0 Å². The minimum atomic E-state index is -2.55. The average Bonchev–Trinajstić information content (AvgIpc) is 2.41. The van der Waals surface area contributed by atoms with Crippen LogP contribution in [0.2, 0.25) is 0 Å². The van der Waals surface area contributed by atoms with Gasteiger partial charge in [-0.2, -0.15) is 0 Å². The lowest BCUT2D eigenvalue weighted by Crippen LogP contribution is -2.30. The molecule has 1 aromatic carbocycles. The summed E-state index contributed by atoms with van der Waals surface area (Å²) >= 11 is 0. The van der Waals surface area contributed by atoms with Crippen LogP contribution in [0.15, 0.2) is 12.1 Å². The maximum atomic E-state index is 13.1. The Hall–Kier alpha value is -1.72. The molecule has 1 aliphatic heterocycles. The van der Waals surface area contributed by atoms with Gasteiger partial charge in [0.2, 0.25) is 5.92 Å². The average molecular weight is 285 g/mol. The highest BCUT2D eigenvalue weighted by Gasteiger charge is 2.35. The third-order valence-corrected chi connectivity index (χ3v) is 3.61. The highest BCUT2D eigenvalue weighted by atomic mass is 19.3. The molecule has 0 radical (unpaired) electrons. The Morgan fingerprint density at radius 1 is 1.15 bits per heavy atom. The summed E-state index contributed by atoms with van der Waals surface area (Å²) in [4.78, 5) is 0. The van der Waals surface area contributed by atoms with Crippen molar-refractivity contribution in [1.82, 2.24) is 0 Å². The minimum absolute atomic E-state index is 0.127. The molecule has 0 atom stereocenters. The fourth-order valence-electron chi connectivity index (χ4n) is 2.55. The molecule has 2 N–H and O–H groups in total. The summed E-state index contributed by atoms with van der Waals surface area (Å²) in [6.45, 7) is 0.931. The standard InChI is InChI=1S/C14H17F2NO3/c15-14(16)3-1-9(2-4-14)20-10-7-11(17)13-12(8-10)18-5-6-19-13/h7-9H,1-6,17H2. The summed E-state index contributed by atoms with van der Waals surface area (Å²) in [5, 5.41) is 0. The lowest BCUT2D eigenvalue weighted by molar-refractivity contribution is -0.0582. The summed E-state index contributed by atoms with van der Waals surface area (Å²) < 4.78 is 42.8. The Balaban J connectivity index is 1.70. The Labute approximate surface area is 115 Å². The molecule has 0 saturated heterocycles. The summed E-state index contributed by atoms with van der Waals surface area (Å²) in [7, 11) is 0. The molecular weight excluding hydrogens is 268 g/mol. The Morgan fingerprint density at radius 3 is 2.60 bits per heavy atom. The second-order valence-electron chi connectivity index (χ2n) is 5.21. The van der Waals surface area contributed by atoms with E-state index in [4.69, 9.17) is 19.9 Å². The Bertz CT molecular complexity index is 497. The molecular formula is C14H17F2NO3. The molecule has 0 spiro atoms. The molecule has 0 unspecified atom stereocenters. The lowest BCUT2D eigenvalue weighted by atomic mass is 9.94. The van der Waals surface area contributed by atoms with Crippen molar-refractivity contribution in [2.75, 3.05) is 18.9 Å². The van der Waals surface area contributed by atoms with Crippen molar-refractivity contribution >= 4 is 5.69 Å². The summed E-state index contributed by atoms with van der Waals surface area (Å²) in [6, 6.07) is 3.36. The van der Waals surface area contributed by atoms with Crippen LogP contribution >= 0.6 is 0 Å². The summed E-state index contributed by atoms with van der Waals surface area (Å²) in [6.07, 6.45) is 0.245. The quantitative estimate of drug-likeness (QED) is 0.849. The number of anilines is 1. The predicted octanol–water partition coefficient (Wildman–Crippen LogP) is 3.00. The van der Waals surface area contributed by atoms with E-state index in [9.17, 15) is 8.78 Å². The van der Waals surface area contributed by atoms with E-state index < -0.39 is 5.92 Å². The predicted molar refractivity (Wildman–Crippen MR) is 69.7 cm³/mol. The summed E-state index contributed by atoms with van der Waals surface area (Å²) in [5.41, 5.74) is 6.33. The first-order valence-corrected chi connectivity index (χ1v) is 6.77. The normalized spacial score (nSPS) is 21.5. The molecule has 6 heteroatoms. The van der Waals surface area contributed by atoms with Crippen molar-refractivity contribution in [3.8, 4) is 17.2 Å². The topological polar surface area (TPSA) is 53.7 Å². The molecule has 2 aliphatic rings. The molecule has 4 nitrogen and oxygen atoms in total. The van der Waals surface area contributed by atoms with Gasteiger partial charge in [-0.15, -0.1) is 0 Å². The van der Waals surface area contributed by atoms with E-state index in [0.29, 0.717) is 49.0 Å². The van der Waals surface area contributed by atoms with E-state index in [1.54, 1.807) is 12.1 Å². The van der Waals surface area contributed by atoms with Crippen LogP contribution in [0.4, 0.5) is 14.5 Å². The zero-order valence-corrected chi connectivity index (χ0v) is 11.0. The van der Waals surface area contributed by atoms with Gasteiger partial charge < -0.3 is 19.9 Å². The van der Waals surface area contributed by atoms with E-state index >= 15 is 0 Å². The van der Waals surface area contributed by atoms with Crippen molar-refractivity contribution < 1.29 is 23.0 Å². The smallest absolute Gasteiger partial charge is 0.248 e. The van der Waals surface area contributed by atoms with Gasteiger partial charge in [-0.1, -0.05) is 0 Å². The number of halogens is 2. The van der Waals surface area contributed by atoms with E-state index in [1.807, 2.05) is 0 Å². The van der Waals surface area contributed by atoms with Gasteiger partial charge >= 0.3 is 0 Å². The molecule has 110 valence electrons. The minimum Gasteiger partial charge on any atom is -0.490 e. The summed E-state index contributed by atoms with van der Waals surface area (Å²) in [5.74, 6) is -0.931. The van der Waals surface area contributed by atoms with E-state index in [-0.39, 0.29) is 18.9 Å². The number of nitrogens with two attached hydrogens (primary N) is 1. The molecule has 1 saturated carbocycles. The molecule has 0 amide bonds. The van der Waals surface area contributed by atoms with Crippen LogP contribution in [0.25, 0.3) is 0 Å². The molecule has 1 heterocycles. The molecule has 1 fully saturated rings. The lowest BCUT2D eigenvalue weighted by Gasteiger charge is -2.29. The van der Waals surface area contributed by atoms with Crippen molar-refractivity contribution in [3.63, 3.8) is 0 Å². The van der Waals surface area contributed by atoms with Crippen LogP contribution in [-0.4, -0.2) is 25.2 Å². The van der Waals surface area contributed by atoms with Gasteiger partial charge in [0.25, 0.3) is 0 Å². The first-order chi connectivity index (χ1) is 9.53. The van der Waals surface area contributed by atoms with Gasteiger partial charge in [-0.3, -0.25) is 0 Å². The maximum absolute atomic E-state index is 13.1. The van der Waals surface area contributed by atoms with Crippen LogP contribution in [0.1, 0.15) is 25.7 Å². The Kier molecular flexibility index (Phi) is 3.31. The second-order valence-corrected chi connectivity index (χ2v) is 5.21. The van der Waals surface area contributed by atoms with Crippen molar-refractivity contribution in [3.05, 3.63) is 12.1 Å². The molecule has 1 aromatic rings. The molecule has 0 bridgehead atoms. The second kappa shape index (κ2) is 5.00. The van der Waals surface area contributed by atoms with Crippen molar-refractivity contribution in [1.29, 1.82) is 0 Å². The fraction of sp³-hybridized carbons (Fsp3) is 0.571. The number of fused-ring (bicyclic) bond motifs is 1. The van der Waals surface area contributed by atoms with Gasteiger partial charge in [0.1, 0.15) is 19.0 Å². The van der Waals surface area contributed by atoms with Crippen molar-refractivity contribution in [2.45, 2.75) is 37.7 Å². The maximum Gasteiger partial charge on any atom is 0.248 e. The third-order valence-electron chi connectivity index (χ3n) is 3.61. The van der Waals surface area contributed by atoms with Gasteiger partial charge in [0.05, 0.1) is 11.8 Å². The number of ether oxygens (including phenoxy) is 3. The van der Waals surface area contributed by atoms with Crippen LogP contribution in [0, 0.1) is 0 Å².